The van der Waals surface area contributed by atoms with Gasteiger partial charge in [-0.1, -0.05) is 22.0 Å². The molecule has 2 rings (SSSR count). The highest BCUT2D eigenvalue weighted by molar-refractivity contribution is 9.11. The van der Waals surface area contributed by atoms with E-state index in [-0.39, 0.29) is 0 Å². The average Bonchev–Trinajstić information content (AvgIpc) is 2.33. The first kappa shape index (κ1) is 7.04. The van der Waals surface area contributed by atoms with Crippen LogP contribution in [0.2, 0.25) is 0 Å². The zero-order chi connectivity index (χ0) is 7.84. The molecule has 0 aromatic heterocycles. The number of allylic oxidation sites excluding steroid dienone is 5. The molecule has 0 spiro atoms. The van der Waals surface area contributed by atoms with Crippen LogP contribution >= 0.6 is 15.9 Å². The molecule has 2 heteroatoms. The largest absolute Gasteiger partial charge is 0.260 e. The van der Waals surface area contributed by atoms with Crippen LogP contribution in [0.1, 0.15) is 13.3 Å². The third-order valence-electron chi connectivity index (χ3n) is 1.92. The zero-order valence-electron chi connectivity index (χ0n) is 6.26. The van der Waals surface area contributed by atoms with Crippen LogP contribution in [-0.4, -0.2) is 5.71 Å². The van der Waals surface area contributed by atoms with Crippen molar-refractivity contribution < 1.29 is 0 Å². The highest BCUT2D eigenvalue weighted by Gasteiger charge is 2.16. The normalized spacial score (nSPS) is 21.6. The lowest BCUT2D eigenvalue weighted by Gasteiger charge is -2.08. The van der Waals surface area contributed by atoms with E-state index in [9.17, 15) is 0 Å². The standard InChI is InChI=1S/C9H8BrN/c1-6-5-11-9-3-2-7(10)4-8(6)9/h2,4-5H,3H2,1H3. The van der Waals surface area contributed by atoms with Crippen molar-refractivity contribution in [2.24, 2.45) is 4.99 Å². The molecule has 0 N–H and O–H groups in total. The molecule has 0 saturated heterocycles. The molecule has 0 fully saturated rings. The van der Waals surface area contributed by atoms with Gasteiger partial charge in [-0.3, -0.25) is 4.99 Å². The van der Waals surface area contributed by atoms with Crippen LogP contribution in [0.5, 0.6) is 0 Å². The average molecular weight is 210 g/mol. The molecule has 56 valence electrons. The van der Waals surface area contributed by atoms with Crippen molar-refractivity contribution in [1.29, 1.82) is 0 Å². The van der Waals surface area contributed by atoms with E-state index >= 15 is 0 Å². The highest BCUT2D eigenvalue weighted by Crippen LogP contribution is 2.28. The molecule has 0 radical (unpaired) electrons. The summed E-state index contributed by atoms with van der Waals surface area (Å²) in [5.41, 5.74) is 3.76. The summed E-state index contributed by atoms with van der Waals surface area (Å²) in [5.74, 6) is 0. The van der Waals surface area contributed by atoms with Gasteiger partial charge in [0.05, 0.1) is 5.71 Å². The van der Waals surface area contributed by atoms with Gasteiger partial charge in [0.2, 0.25) is 0 Å². The van der Waals surface area contributed by atoms with Gasteiger partial charge in [0, 0.05) is 22.7 Å². The van der Waals surface area contributed by atoms with Crippen LogP contribution in [0.3, 0.4) is 0 Å². The van der Waals surface area contributed by atoms with Gasteiger partial charge in [-0.05, 0) is 18.6 Å². The number of fused-ring (bicyclic) bond motifs is 1. The molecule has 0 saturated carbocycles. The summed E-state index contributed by atoms with van der Waals surface area (Å²) in [7, 11) is 0. The predicted molar refractivity (Wildman–Crippen MR) is 50.9 cm³/mol. The van der Waals surface area contributed by atoms with Crippen molar-refractivity contribution in [2.45, 2.75) is 13.3 Å². The van der Waals surface area contributed by atoms with E-state index < -0.39 is 0 Å². The lowest BCUT2D eigenvalue weighted by atomic mass is 9.99. The third kappa shape index (κ3) is 1.11. The van der Waals surface area contributed by atoms with Crippen molar-refractivity contribution in [3.05, 3.63) is 34.0 Å². The van der Waals surface area contributed by atoms with Gasteiger partial charge in [0.15, 0.2) is 0 Å². The number of halogens is 1. The molecular weight excluding hydrogens is 202 g/mol. The van der Waals surface area contributed by atoms with Crippen molar-refractivity contribution in [3.8, 4) is 0 Å². The number of hydrogen-bond acceptors (Lipinski definition) is 1. The van der Waals surface area contributed by atoms with Crippen LogP contribution in [0.25, 0.3) is 0 Å². The van der Waals surface area contributed by atoms with Crippen molar-refractivity contribution in [2.75, 3.05) is 0 Å². The maximum absolute atomic E-state index is 4.29. The Balaban J connectivity index is 2.45. The maximum Gasteiger partial charge on any atom is 0.0517 e. The molecule has 1 aliphatic carbocycles. The summed E-state index contributed by atoms with van der Waals surface area (Å²) >= 11 is 3.45. The molecule has 0 bridgehead atoms. The lowest BCUT2D eigenvalue weighted by molar-refractivity contribution is 1.39. The molecule has 0 aromatic carbocycles. The second-order valence-electron chi connectivity index (χ2n) is 2.74. The van der Waals surface area contributed by atoms with Crippen LogP contribution in [0.4, 0.5) is 0 Å². The number of hydrogen-bond donors (Lipinski definition) is 0. The Morgan fingerprint density at radius 2 is 2.36 bits per heavy atom. The van der Waals surface area contributed by atoms with Crippen LogP contribution in [0, 0.1) is 0 Å². The molecule has 1 nitrogen and oxygen atoms in total. The second kappa shape index (κ2) is 2.45. The molecule has 0 unspecified atom stereocenters. The maximum atomic E-state index is 4.29. The molecule has 0 amide bonds. The molecule has 1 heterocycles. The summed E-state index contributed by atoms with van der Waals surface area (Å²) in [6.07, 6.45) is 7.15. The quantitative estimate of drug-likeness (QED) is 0.582. The third-order valence-corrected chi connectivity index (χ3v) is 2.48. The first-order valence-electron chi connectivity index (χ1n) is 3.59. The van der Waals surface area contributed by atoms with Gasteiger partial charge in [0.25, 0.3) is 0 Å². The predicted octanol–water partition coefficient (Wildman–Crippen LogP) is 2.95. The van der Waals surface area contributed by atoms with Crippen LogP contribution in [-0.2, 0) is 0 Å². The summed E-state index contributed by atoms with van der Waals surface area (Å²) in [4.78, 5) is 4.29. The first-order chi connectivity index (χ1) is 5.27. The van der Waals surface area contributed by atoms with Crippen molar-refractivity contribution in [3.63, 3.8) is 0 Å². The first-order valence-corrected chi connectivity index (χ1v) is 4.38. The topological polar surface area (TPSA) is 12.4 Å². The molecule has 0 aromatic rings. The van der Waals surface area contributed by atoms with Gasteiger partial charge < -0.3 is 0 Å². The minimum Gasteiger partial charge on any atom is -0.260 e. The second-order valence-corrected chi connectivity index (χ2v) is 3.65. The van der Waals surface area contributed by atoms with E-state index in [0.717, 1.165) is 6.42 Å². The fraction of sp³-hybridized carbons (Fsp3) is 0.222. The van der Waals surface area contributed by atoms with Gasteiger partial charge in [0.1, 0.15) is 0 Å². The molecule has 11 heavy (non-hydrogen) atoms. The van der Waals surface area contributed by atoms with E-state index in [2.05, 4.69) is 40.0 Å². The summed E-state index contributed by atoms with van der Waals surface area (Å²) in [6, 6.07) is 0. The van der Waals surface area contributed by atoms with Gasteiger partial charge in [-0.15, -0.1) is 0 Å². The van der Waals surface area contributed by atoms with E-state index in [1.807, 2.05) is 6.20 Å². The van der Waals surface area contributed by atoms with E-state index in [1.54, 1.807) is 0 Å². The van der Waals surface area contributed by atoms with E-state index in [1.165, 1.54) is 21.3 Å². The summed E-state index contributed by atoms with van der Waals surface area (Å²) in [6.45, 7) is 2.09. The summed E-state index contributed by atoms with van der Waals surface area (Å²) in [5, 5.41) is 0. The Hall–Kier alpha value is -0.630. The minimum absolute atomic E-state index is 0.959. The number of rotatable bonds is 0. The zero-order valence-corrected chi connectivity index (χ0v) is 7.85. The Labute approximate surface area is 74.3 Å². The lowest BCUT2D eigenvalue weighted by Crippen LogP contribution is -2.02. The molecule has 0 atom stereocenters. The fourth-order valence-corrected chi connectivity index (χ4v) is 1.68. The highest BCUT2D eigenvalue weighted by atomic mass is 79.9. The Morgan fingerprint density at radius 1 is 1.55 bits per heavy atom. The Kier molecular flexibility index (Phi) is 1.57. The molecular formula is C9H8BrN. The van der Waals surface area contributed by atoms with Crippen molar-refractivity contribution >= 4 is 21.6 Å². The van der Waals surface area contributed by atoms with Gasteiger partial charge in [-0.2, -0.15) is 0 Å². The number of nitrogens with zero attached hydrogens (tertiary/aromatic N) is 1. The van der Waals surface area contributed by atoms with E-state index in [0.29, 0.717) is 0 Å². The van der Waals surface area contributed by atoms with Crippen molar-refractivity contribution in [1.82, 2.24) is 0 Å². The molecule has 1 aliphatic heterocycles. The Bertz CT molecular complexity index is 318. The van der Waals surface area contributed by atoms with E-state index in [4.69, 9.17) is 0 Å². The van der Waals surface area contributed by atoms with Crippen LogP contribution in [0.15, 0.2) is 39.0 Å². The summed E-state index contributed by atoms with van der Waals surface area (Å²) < 4.78 is 1.17. The monoisotopic (exact) mass is 209 g/mol. The van der Waals surface area contributed by atoms with Gasteiger partial charge in [-0.25, -0.2) is 0 Å². The number of aliphatic imine (C=N–C) groups is 1. The van der Waals surface area contributed by atoms with Crippen LogP contribution < -0.4 is 0 Å². The molecule has 2 aliphatic rings. The smallest absolute Gasteiger partial charge is 0.0517 e. The minimum atomic E-state index is 0.959. The SMILES string of the molecule is CC1=CN=C2CC=C(Br)C=C12. The Morgan fingerprint density at radius 3 is 3.18 bits per heavy atom. The fourth-order valence-electron chi connectivity index (χ4n) is 1.29. The van der Waals surface area contributed by atoms with Gasteiger partial charge >= 0.3 is 0 Å².